The summed E-state index contributed by atoms with van der Waals surface area (Å²) in [6.45, 7) is 10.2. The van der Waals surface area contributed by atoms with E-state index in [0.29, 0.717) is 0 Å². The molecule has 0 nitrogen and oxygen atoms in total. The van der Waals surface area contributed by atoms with Gasteiger partial charge in [0.2, 0.25) is 0 Å². The summed E-state index contributed by atoms with van der Waals surface area (Å²) < 4.78 is 0. The monoisotopic (exact) mass is 212 g/mol. The molecule has 0 amide bonds. The van der Waals surface area contributed by atoms with Gasteiger partial charge in [0.1, 0.15) is 0 Å². The van der Waals surface area contributed by atoms with Crippen LogP contribution in [0.15, 0.2) is 54.6 Å². The topological polar surface area (TPSA) is 0 Å². The molecule has 84 valence electrons. The first-order valence-corrected chi connectivity index (χ1v) is 5.74. The zero-order valence-electron chi connectivity index (χ0n) is 10.5. The second-order valence-corrected chi connectivity index (χ2v) is 4.12. The maximum Gasteiger partial charge on any atom is -0.0182 e. The molecule has 0 atom stereocenters. The van der Waals surface area contributed by atoms with Crippen LogP contribution in [-0.2, 0) is 6.42 Å². The lowest BCUT2D eigenvalue weighted by molar-refractivity contribution is 1.14. The lowest BCUT2D eigenvalue weighted by atomic mass is 10.0. The van der Waals surface area contributed by atoms with Crippen LogP contribution in [0.4, 0.5) is 0 Å². The van der Waals surface area contributed by atoms with E-state index < -0.39 is 0 Å². The summed E-state index contributed by atoms with van der Waals surface area (Å²) in [4.78, 5) is 0. The molecule has 0 unspecified atom stereocenters. The number of benzene rings is 1. The Labute approximate surface area is 99.0 Å². The van der Waals surface area contributed by atoms with Crippen molar-refractivity contribution in [1.29, 1.82) is 0 Å². The molecular formula is C16H20. The van der Waals surface area contributed by atoms with Crippen LogP contribution in [0.2, 0.25) is 0 Å². The molecule has 1 rings (SSSR count). The van der Waals surface area contributed by atoms with E-state index in [1.807, 2.05) is 6.08 Å². The van der Waals surface area contributed by atoms with Gasteiger partial charge in [0.05, 0.1) is 0 Å². The number of allylic oxidation sites excluding steroid dienone is 5. The fraction of sp³-hybridized carbons (Fsp3) is 0.250. The Hall–Kier alpha value is -1.56. The molecule has 0 radical (unpaired) electrons. The molecule has 1 aromatic rings. The fourth-order valence-corrected chi connectivity index (χ4v) is 1.51. The first-order valence-electron chi connectivity index (χ1n) is 5.74. The Bertz CT molecular complexity index is 415. The molecular weight excluding hydrogens is 192 g/mol. The third kappa shape index (κ3) is 3.54. The van der Waals surface area contributed by atoms with Crippen LogP contribution in [0.1, 0.15) is 31.9 Å². The van der Waals surface area contributed by atoms with Crippen molar-refractivity contribution in [2.24, 2.45) is 0 Å². The normalized spacial score (nSPS) is 11.1. The number of rotatable bonds is 4. The van der Waals surface area contributed by atoms with E-state index >= 15 is 0 Å². The van der Waals surface area contributed by atoms with Gasteiger partial charge in [-0.25, -0.2) is 0 Å². The molecule has 0 fully saturated rings. The van der Waals surface area contributed by atoms with E-state index in [1.165, 1.54) is 22.3 Å². The van der Waals surface area contributed by atoms with Crippen molar-refractivity contribution >= 4 is 5.57 Å². The van der Waals surface area contributed by atoms with Crippen LogP contribution < -0.4 is 0 Å². The van der Waals surface area contributed by atoms with Crippen molar-refractivity contribution in [3.8, 4) is 0 Å². The van der Waals surface area contributed by atoms with Crippen LogP contribution in [0, 0.1) is 0 Å². The predicted octanol–water partition coefficient (Wildman–Crippen LogP) is 4.78. The fourth-order valence-electron chi connectivity index (χ4n) is 1.51. The molecule has 0 spiro atoms. The summed E-state index contributed by atoms with van der Waals surface area (Å²) in [5, 5.41) is 0. The van der Waals surface area contributed by atoms with E-state index in [2.05, 4.69) is 63.8 Å². The molecule has 0 aromatic heterocycles. The van der Waals surface area contributed by atoms with E-state index in [-0.39, 0.29) is 0 Å². The molecule has 0 saturated heterocycles. The average molecular weight is 212 g/mol. The summed E-state index contributed by atoms with van der Waals surface area (Å²) in [5.41, 5.74) is 5.08. The number of aryl methyl sites for hydroxylation is 1. The van der Waals surface area contributed by atoms with Gasteiger partial charge in [-0.3, -0.25) is 0 Å². The molecule has 0 aliphatic heterocycles. The van der Waals surface area contributed by atoms with E-state index in [1.54, 1.807) is 0 Å². The van der Waals surface area contributed by atoms with Crippen molar-refractivity contribution in [3.05, 3.63) is 65.8 Å². The van der Waals surface area contributed by atoms with Gasteiger partial charge in [-0.1, -0.05) is 61.6 Å². The lowest BCUT2D eigenvalue weighted by Gasteiger charge is -2.04. The summed E-state index contributed by atoms with van der Waals surface area (Å²) in [5.74, 6) is 0. The van der Waals surface area contributed by atoms with E-state index in [9.17, 15) is 0 Å². The minimum absolute atomic E-state index is 1.07. The zero-order valence-corrected chi connectivity index (χ0v) is 10.5. The summed E-state index contributed by atoms with van der Waals surface area (Å²) in [6, 6.07) is 8.62. The quantitative estimate of drug-likeness (QED) is 0.630. The molecule has 16 heavy (non-hydrogen) atoms. The maximum atomic E-state index is 3.87. The Morgan fingerprint density at radius 3 is 2.56 bits per heavy atom. The summed E-state index contributed by atoms with van der Waals surface area (Å²) in [7, 11) is 0. The molecule has 0 heteroatoms. The first-order chi connectivity index (χ1) is 7.67. The van der Waals surface area contributed by atoms with Crippen molar-refractivity contribution in [1.82, 2.24) is 0 Å². The van der Waals surface area contributed by atoms with Gasteiger partial charge in [0.25, 0.3) is 0 Å². The first kappa shape index (κ1) is 12.5. The highest BCUT2D eigenvalue weighted by molar-refractivity contribution is 5.75. The highest BCUT2D eigenvalue weighted by atomic mass is 14.0. The highest BCUT2D eigenvalue weighted by Crippen LogP contribution is 2.17. The molecule has 1 aromatic carbocycles. The van der Waals surface area contributed by atoms with Crippen molar-refractivity contribution in [2.45, 2.75) is 27.2 Å². The van der Waals surface area contributed by atoms with Crippen LogP contribution in [0.5, 0.6) is 0 Å². The Morgan fingerprint density at radius 2 is 2.00 bits per heavy atom. The standard InChI is InChI=1S/C16H20/c1-5-14-8-7-9-16(12-14)15(6-2)11-10-13(3)4/h6-12H,2,5H2,1,3-4H3. The zero-order chi connectivity index (χ0) is 12.0. The van der Waals surface area contributed by atoms with Gasteiger partial charge >= 0.3 is 0 Å². The third-order valence-electron chi connectivity index (χ3n) is 2.48. The molecule has 0 heterocycles. The second-order valence-electron chi connectivity index (χ2n) is 4.12. The molecule has 0 N–H and O–H groups in total. The van der Waals surface area contributed by atoms with Crippen LogP contribution in [-0.4, -0.2) is 0 Å². The minimum Gasteiger partial charge on any atom is -0.0984 e. The smallest absolute Gasteiger partial charge is 0.0182 e. The molecule has 0 bridgehead atoms. The van der Waals surface area contributed by atoms with Crippen molar-refractivity contribution in [3.63, 3.8) is 0 Å². The van der Waals surface area contributed by atoms with Crippen molar-refractivity contribution < 1.29 is 0 Å². The van der Waals surface area contributed by atoms with Gasteiger partial charge in [-0.05, 0) is 37.0 Å². The van der Waals surface area contributed by atoms with Gasteiger partial charge in [0.15, 0.2) is 0 Å². The largest absolute Gasteiger partial charge is 0.0984 e. The average Bonchev–Trinajstić information content (AvgIpc) is 2.30. The number of hydrogen-bond donors (Lipinski definition) is 0. The Kier molecular flexibility index (Phi) is 4.78. The number of hydrogen-bond acceptors (Lipinski definition) is 0. The predicted molar refractivity (Wildman–Crippen MR) is 73.4 cm³/mol. The van der Waals surface area contributed by atoms with Crippen LogP contribution in [0.25, 0.3) is 5.57 Å². The van der Waals surface area contributed by atoms with Gasteiger partial charge in [-0.2, -0.15) is 0 Å². The van der Waals surface area contributed by atoms with Gasteiger partial charge in [0, 0.05) is 0 Å². The Balaban J connectivity index is 3.08. The van der Waals surface area contributed by atoms with Gasteiger partial charge < -0.3 is 0 Å². The molecule has 0 aliphatic rings. The molecule has 0 aliphatic carbocycles. The van der Waals surface area contributed by atoms with Gasteiger partial charge in [-0.15, -0.1) is 0 Å². The van der Waals surface area contributed by atoms with E-state index in [0.717, 1.165) is 6.42 Å². The SMILES string of the molecule is C=CC(=CC=C(C)C)c1cccc(CC)c1. The lowest BCUT2D eigenvalue weighted by Crippen LogP contribution is -1.84. The van der Waals surface area contributed by atoms with Crippen LogP contribution in [0.3, 0.4) is 0 Å². The third-order valence-corrected chi connectivity index (χ3v) is 2.48. The molecule has 0 saturated carbocycles. The van der Waals surface area contributed by atoms with E-state index in [4.69, 9.17) is 0 Å². The van der Waals surface area contributed by atoms with Crippen LogP contribution >= 0.6 is 0 Å². The second kappa shape index (κ2) is 6.12. The maximum absolute atomic E-state index is 3.87. The highest BCUT2D eigenvalue weighted by Gasteiger charge is 1.97. The Morgan fingerprint density at radius 1 is 1.25 bits per heavy atom. The van der Waals surface area contributed by atoms with Crippen molar-refractivity contribution in [2.75, 3.05) is 0 Å². The summed E-state index contributed by atoms with van der Waals surface area (Å²) >= 11 is 0. The summed E-state index contributed by atoms with van der Waals surface area (Å²) in [6.07, 6.45) is 7.22. The minimum atomic E-state index is 1.07.